The number of carbonyl (C=O) groups is 1. The van der Waals surface area contributed by atoms with Gasteiger partial charge < -0.3 is 10.2 Å². The van der Waals surface area contributed by atoms with Crippen molar-refractivity contribution in [3.63, 3.8) is 0 Å². The molecular weight excluding hydrogens is 412 g/mol. The highest BCUT2D eigenvalue weighted by atomic mass is 32.2. The van der Waals surface area contributed by atoms with Crippen LogP contribution in [0.1, 0.15) is 26.2 Å². The van der Waals surface area contributed by atoms with Crippen molar-refractivity contribution in [2.75, 3.05) is 53.4 Å². The second-order valence-electron chi connectivity index (χ2n) is 7.81. The maximum Gasteiger partial charge on any atom is 0.232 e. The molecule has 0 atom stereocenters. The van der Waals surface area contributed by atoms with E-state index in [-0.39, 0.29) is 11.7 Å². The zero-order valence-electron chi connectivity index (χ0n) is 18.1. The average Bonchev–Trinajstić information content (AvgIpc) is 2.76. The molecule has 7 nitrogen and oxygen atoms in total. The first kappa shape index (κ1) is 23.1. The van der Waals surface area contributed by atoms with E-state index in [1.165, 1.54) is 5.69 Å². The van der Waals surface area contributed by atoms with Crippen LogP contribution in [0.4, 0.5) is 17.1 Å². The van der Waals surface area contributed by atoms with Crippen molar-refractivity contribution >= 4 is 33.0 Å². The lowest BCUT2D eigenvalue weighted by molar-refractivity contribution is -0.116. The van der Waals surface area contributed by atoms with E-state index in [9.17, 15) is 13.2 Å². The van der Waals surface area contributed by atoms with Gasteiger partial charge in [0.1, 0.15) is 0 Å². The third-order valence-electron chi connectivity index (χ3n) is 5.29. The molecular formula is C23H32N4O3S. The van der Waals surface area contributed by atoms with E-state index < -0.39 is 10.0 Å². The minimum Gasteiger partial charge on any atom is -0.369 e. The Kier molecular flexibility index (Phi) is 8.31. The molecule has 0 aliphatic carbocycles. The van der Waals surface area contributed by atoms with Gasteiger partial charge in [-0.3, -0.25) is 14.4 Å². The van der Waals surface area contributed by atoms with E-state index in [0.29, 0.717) is 24.2 Å². The summed E-state index contributed by atoms with van der Waals surface area (Å²) < 4.78 is 26.2. The summed E-state index contributed by atoms with van der Waals surface area (Å²) in [5, 5.41) is 2.88. The molecule has 2 aromatic rings. The van der Waals surface area contributed by atoms with E-state index in [0.717, 1.165) is 39.1 Å². The van der Waals surface area contributed by atoms with Crippen molar-refractivity contribution in [1.82, 2.24) is 4.90 Å². The van der Waals surface area contributed by atoms with Crippen LogP contribution < -0.4 is 14.9 Å². The largest absolute Gasteiger partial charge is 0.369 e. The smallest absolute Gasteiger partial charge is 0.232 e. The second-order valence-corrected chi connectivity index (χ2v) is 9.66. The first-order chi connectivity index (χ1) is 14.9. The number of piperazine rings is 1. The number of hydrogen-bond acceptors (Lipinski definition) is 5. The predicted octanol–water partition coefficient (Wildman–Crippen LogP) is 3.38. The molecule has 0 saturated carbocycles. The summed E-state index contributed by atoms with van der Waals surface area (Å²) in [4.78, 5) is 17.0. The molecule has 1 fully saturated rings. The summed E-state index contributed by atoms with van der Waals surface area (Å²) in [6.45, 7) is 6.75. The molecule has 0 radical (unpaired) electrons. The van der Waals surface area contributed by atoms with Crippen molar-refractivity contribution in [2.45, 2.75) is 26.2 Å². The predicted molar refractivity (Wildman–Crippen MR) is 127 cm³/mol. The second kappa shape index (κ2) is 11.2. The standard InChI is InChI=1S/C23H32N4O3S/c1-2-19-31(29,30)25-21-12-10-20(11-13-21)24-23(28)9-6-14-26-15-17-27(18-16-26)22-7-4-3-5-8-22/h3-5,7-8,10-13,25H,2,6,9,14-19H2,1H3,(H,24,28). The SMILES string of the molecule is CCCS(=O)(=O)Nc1ccc(NC(=O)CCCN2CCN(c3ccccc3)CC2)cc1. The number of anilines is 3. The molecule has 1 saturated heterocycles. The Balaban J connectivity index is 1.35. The minimum atomic E-state index is -3.31. The summed E-state index contributed by atoms with van der Waals surface area (Å²) >= 11 is 0. The highest BCUT2D eigenvalue weighted by molar-refractivity contribution is 7.92. The number of sulfonamides is 1. The van der Waals surface area contributed by atoms with Crippen LogP contribution in [0.2, 0.25) is 0 Å². The van der Waals surface area contributed by atoms with E-state index in [1.807, 2.05) is 13.0 Å². The van der Waals surface area contributed by atoms with Gasteiger partial charge in [-0.2, -0.15) is 0 Å². The quantitative estimate of drug-likeness (QED) is 0.587. The highest BCUT2D eigenvalue weighted by Crippen LogP contribution is 2.17. The maximum absolute atomic E-state index is 12.2. The summed E-state index contributed by atoms with van der Waals surface area (Å²) in [5.41, 5.74) is 2.44. The Hall–Kier alpha value is -2.58. The van der Waals surface area contributed by atoms with Crippen LogP contribution in [0.15, 0.2) is 54.6 Å². The summed E-state index contributed by atoms with van der Waals surface area (Å²) in [7, 11) is -3.31. The number of hydrogen-bond donors (Lipinski definition) is 2. The van der Waals surface area contributed by atoms with Crippen LogP contribution >= 0.6 is 0 Å². The molecule has 1 aliphatic rings. The molecule has 1 amide bonds. The molecule has 3 rings (SSSR count). The Morgan fingerprint density at radius 1 is 0.935 bits per heavy atom. The van der Waals surface area contributed by atoms with Crippen LogP contribution in [0.3, 0.4) is 0 Å². The molecule has 8 heteroatoms. The van der Waals surface area contributed by atoms with Gasteiger partial charge in [-0.25, -0.2) is 8.42 Å². The third-order valence-corrected chi connectivity index (χ3v) is 6.78. The Bertz CT molecular complexity index is 925. The first-order valence-electron chi connectivity index (χ1n) is 10.9. The normalized spacial score (nSPS) is 14.9. The number of benzene rings is 2. The number of amides is 1. The van der Waals surface area contributed by atoms with E-state index in [2.05, 4.69) is 44.1 Å². The summed E-state index contributed by atoms with van der Waals surface area (Å²) in [5.74, 6) is 0.0644. The van der Waals surface area contributed by atoms with Gasteiger partial charge in [-0.05, 0) is 55.8 Å². The van der Waals surface area contributed by atoms with Gasteiger partial charge in [0.2, 0.25) is 15.9 Å². The van der Waals surface area contributed by atoms with Crippen molar-refractivity contribution in [2.24, 2.45) is 0 Å². The lowest BCUT2D eigenvalue weighted by Crippen LogP contribution is -2.46. The van der Waals surface area contributed by atoms with Crippen LogP contribution in [0.25, 0.3) is 0 Å². The van der Waals surface area contributed by atoms with Crippen molar-refractivity contribution in [3.8, 4) is 0 Å². The van der Waals surface area contributed by atoms with Crippen molar-refractivity contribution < 1.29 is 13.2 Å². The van der Waals surface area contributed by atoms with Gasteiger partial charge in [0.15, 0.2) is 0 Å². The lowest BCUT2D eigenvalue weighted by Gasteiger charge is -2.36. The number of carbonyl (C=O) groups excluding carboxylic acids is 1. The highest BCUT2D eigenvalue weighted by Gasteiger charge is 2.17. The van der Waals surface area contributed by atoms with Crippen LogP contribution in [0.5, 0.6) is 0 Å². The van der Waals surface area contributed by atoms with Crippen LogP contribution in [-0.4, -0.2) is 57.7 Å². The molecule has 1 heterocycles. The Labute approximate surface area is 185 Å². The van der Waals surface area contributed by atoms with Gasteiger partial charge in [0.25, 0.3) is 0 Å². The fourth-order valence-corrected chi connectivity index (χ4v) is 4.81. The van der Waals surface area contributed by atoms with Crippen molar-refractivity contribution in [1.29, 1.82) is 0 Å². The summed E-state index contributed by atoms with van der Waals surface area (Å²) in [6, 6.07) is 17.2. The molecule has 0 unspecified atom stereocenters. The molecule has 0 bridgehead atoms. The number of rotatable bonds is 10. The van der Waals surface area contributed by atoms with E-state index in [4.69, 9.17) is 0 Å². The van der Waals surface area contributed by atoms with E-state index in [1.54, 1.807) is 24.3 Å². The first-order valence-corrected chi connectivity index (χ1v) is 12.5. The van der Waals surface area contributed by atoms with Crippen molar-refractivity contribution in [3.05, 3.63) is 54.6 Å². The third kappa shape index (κ3) is 7.56. The lowest BCUT2D eigenvalue weighted by atomic mass is 10.2. The Morgan fingerprint density at radius 3 is 2.23 bits per heavy atom. The molecule has 0 aromatic heterocycles. The summed E-state index contributed by atoms with van der Waals surface area (Å²) in [6.07, 6.45) is 1.84. The number of nitrogens with zero attached hydrogens (tertiary/aromatic N) is 2. The van der Waals surface area contributed by atoms with Gasteiger partial charge in [0.05, 0.1) is 5.75 Å². The van der Waals surface area contributed by atoms with Crippen LogP contribution in [0, 0.1) is 0 Å². The monoisotopic (exact) mass is 444 g/mol. The molecule has 168 valence electrons. The fourth-order valence-electron chi connectivity index (χ4n) is 3.68. The fraction of sp³-hybridized carbons (Fsp3) is 0.435. The zero-order valence-corrected chi connectivity index (χ0v) is 18.9. The zero-order chi connectivity index (χ0) is 22.1. The maximum atomic E-state index is 12.2. The van der Waals surface area contributed by atoms with Gasteiger partial charge in [-0.1, -0.05) is 25.1 Å². The van der Waals surface area contributed by atoms with E-state index >= 15 is 0 Å². The van der Waals surface area contributed by atoms with Gasteiger partial charge in [-0.15, -0.1) is 0 Å². The number of para-hydroxylation sites is 1. The average molecular weight is 445 g/mol. The molecule has 1 aliphatic heterocycles. The van der Waals surface area contributed by atoms with Gasteiger partial charge >= 0.3 is 0 Å². The topological polar surface area (TPSA) is 81.8 Å². The van der Waals surface area contributed by atoms with Crippen LogP contribution in [-0.2, 0) is 14.8 Å². The molecule has 2 aromatic carbocycles. The molecule has 0 spiro atoms. The Morgan fingerprint density at radius 2 is 1.58 bits per heavy atom. The minimum absolute atomic E-state index is 0.0257. The van der Waals surface area contributed by atoms with Gasteiger partial charge in [0, 0.05) is 49.7 Å². The molecule has 31 heavy (non-hydrogen) atoms. The number of nitrogens with one attached hydrogen (secondary N) is 2. The molecule has 2 N–H and O–H groups in total.